The Morgan fingerprint density at radius 1 is 1.43 bits per heavy atom. The minimum absolute atomic E-state index is 0.00366. The maximum absolute atomic E-state index is 12.3. The van der Waals surface area contributed by atoms with Gasteiger partial charge in [-0.3, -0.25) is 4.79 Å². The molecule has 2 fully saturated rings. The van der Waals surface area contributed by atoms with Crippen molar-refractivity contribution in [2.45, 2.75) is 38.3 Å². The molecule has 8 heteroatoms. The Balaban J connectivity index is 1.91. The molecule has 3 N–H and O–H groups in total. The number of carbonyl (C=O) groups is 1. The molecule has 0 aromatic rings. The molecule has 3 atom stereocenters. The predicted octanol–water partition coefficient (Wildman–Crippen LogP) is -1.11. The normalized spacial score (nSPS) is 30.7. The maximum Gasteiger partial charge on any atom is 0.238 e. The van der Waals surface area contributed by atoms with Gasteiger partial charge in [0, 0.05) is 32.1 Å². The second-order valence-electron chi connectivity index (χ2n) is 5.82. The molecular formula is C13H25N3O4S. The summed E-state index contributed by atoms with van der Waals surface area (Å²) >= 11 is 0. The van der Waals surface area contributed by atoms with E-state index in [9.17, 15) is 18.3 Å². The summed E-state index contributed by atoms with van der Waals surface area (Å²) in [4.78, 5) is 12.3. The summed E-state index contributed by atoms with van der Waals surface area (Å²) in [5.74, 6) is -0.162. The van der Waals surface area contributed by atoms with Crippen LogP contribution in [0.15, 0.2) is 0 Å². The third-order valence-electron chi connectivity index (χ3n) is 4.17. The zero-order valence-electron chi connectivity index (χ0n) is 12.4. The van der Waals surface area contributed by atoms with Crippen molar-refractivity contribution in [2.24, 2.45) is 5.92 Å². The van der Waals surface area contributed by atoms with Gasteiger partial charge in [0.05, 0.1) is 11.9 Å². The number of β-amino-alcohol motifs (C(OH)–C–C–N with tert-alkyl or cyclic N) is 1. The van der Waals surface area contributed by atoms with Crippen LogP contribution in [-0.4, -0.2) is 67.8 Å². The molecule has 2 rings (SSSR count). The first kappa shape index (κ1) is 16.7. The lowest BCUT2D eigenvalue weighted by atomic mass is 10.1. The van der Waals surface area contributed by atoms with Crippen LogP contribution in [0, 0.1) is 5.92 Å². The molecule has 7 nitrogen and oxygen atoms in total. The van der Waals surface area contributed by atoms with Crippen molar-refractivity contribution in [2.75, 3.05) is 31.9 Å². The van der Waals surface area contributed by atoms with Gasteiger partial charge in [-0.15, -0.1) is 0 Å². The van der Waals surface area contributed by atoms with Crippen LogP contribution in [0.3, 0.4) is 0 Å². The van der Waals surface area contributed by atoms with Gasteiger partial charge in [-0.1, -0.05) is 6.92 Å². The molecule has 2 saturated heterocycles. The third-order valence-corrected chi connectivity index (χ3v) is 6.24. The van der Waals surface area contributed by atoms with Crippen LogP contribution in [-0.2, 0) is 14.8 Å². The van der Waals surface area contributed by atoms with Gasteiger partial charge in [0.25, 0.3) is 0 Å². The quantitative estimate of drug-likeness (QED) is 0.576. The second-order valence-corrected chi connectivity index (χ2v) is 7.86. The number of rotatable bonds is 6. The van der Waals surface area contributed by atoms with Crippen LogP contribution in [0.5, 0.6) is 0 Å². The highest BCUT2D eigenvalue weighted by Crippen LogP contribution is 2.22. The van der Waals surface area contributed by atoms with Crippen molar-refractivity contribution >= 4 is 15.9 Å². The predicted molar refractivity (Wildman–Crippen MR) is 79.2 cm³/mol. The summed E-state index contributed by atoms with van der Waals surface area (Å²) in [6.07, 6.45) is 1.39. The fraction of sp³-hybridized carbons (Fsp3) is 0.923. The van der Waals surface area contributed by atoms with Crippen LogP contribution in [0.1, 0.15) is 26.2 Å². The summed E-state index contributed by atoms with van der Waals surface area (Å²) in [7, 11) is -3.34. The lowest BCUT2D eigenvalue weighted by Crippen LogP contribution is -2.48. The molecular weight excluding hydrogens is 294 g/mol. The van der Waals surface area contributed by atoms with E-state index >= 15 is 0 Å². The molecule has 2 aliphatic rings. The van der Waals surface area contributed by atoms with E-state index in [1.807, 2.05) is 6.92 Å². The topological polar surface area (TPSA) is 98.7 Å². The largest absolute Gasteiger partial charge is 0.391 e. The van der Waals surface area contributed by atoms with Crippen LogP contribution >= 0.6 is 0 Å². The number of sulfonamides is 1. The fourth-order valence-electron chi connectivity index (χ4n) is 2.99. The number of carbonyl (C=O) groups excluding carboxylic acids is 1. The first-order chi connectivity index (χ1) is 9.95. The van der Waals surface area contributed by atoms with Gasteiger partial charge >= 0.3 is 0 Å². The van der Waals surface area contributed by atoms with Gasteiger partial charge in [0.2, 0.25) is 15.9 Å². The van der Waals surface area contributed by atoms with Gasteiger partial charge in [-0.25, -0.2) is 8.42 Å². The zero-order valence-corrected chi connectivity index (χ0v) is 13.2. The number of nitrogens with one attached hydrogen (secondary N) is 2. The average molecular weight is 319 g/mol. The molecule has 21 heavy (non-hydrogen) atoms. The number of hydrogen-bond acceptors (Lipinski definition) is 5. The van der Waals surface area contributed by atoms with Crippen molar-refractivity contribution in [1.82, 2.24) is 14.9 Å². The molecule has 2 aliphatic heterocycles. The summed E-state index contributed by atoms with van der Waals surface area (Å²) < 4.78 is 25.7. The van der Waals surface area contributed by atoms with E-state index in [1.165, 1.54) is 4.31 Å². The van der Waals surface area contributed by atoms with Crippen molar-refractivity contribution in [3.63, 3.8) is 0 Å². The highest BCUT2D eigenvalue weighted by molar-refractivity contribution is 7.89. The summed E-state index contributed by atoms with van der Waals surface area (Å²) in [5, 5.41) is 15.6. The van der Waals surface area contributed by atoms with E-state index in [1.54, 1.807) is 0 Å². The molecule has 3 unspecified atom stereocenters. The van der Waals surface area contributed by atoms with E-state index < -0.39 is 22.2 Å². The molecule has 0 aliphatic carbocycles. The highest BCUT2D eigenvalue weighted by atomic mass is 32.2. The van der Waals surface area contributed by atoms with Crippen LogP contribution in [0.2, 0.25) is 0 Å². The number of amides is 1. The van der Waals surface area contributed by atoms with Crippen LogP contribution in [0.4, 0.5) is 0 Å². The smallest absolute Gasteiger partial charge is 0.238 e. The molecule has 122 valence electrons. The van der Waals surface area contributed by atoms with Gasteiger partial charge in [-0.2, -0.15) is 4.31 Å². The Labute approximate surface area is 126 Å². The molecule has 0 bridgehead atoms. The molecule has 1 amide bonds. The van der Waals surface area contributed by atoms with Gasteiger partial charge in [0.1, 0.15) is 6.04 Å². The number of hydrogen-bond donors (Lipinski definition) is 3. The van der Waals surface area contributed by atoms with Crippen molar-refractivity contribution in [3.8, 4) is 0 Å². The first-order valence-corrected chi connectivity index (χ1v) is 9.22. The fourth-order valence-corrected chi connectivity index (χ4v) is 4.73. The maximum atomic E-state index is 12.3. The number of aliphatic hydroxyl groups is 1. The third kappa shape index (κ3) is 3.94. The standard InChI is InChI=1S/C13H25N3O4S/c1-2-6-21(19,20)16-5-3-4-11(16)13(18)15-8-10-7-14-9-12(10)17/h10-12,14,17H,2-9H2,1H3,(H,15,18). The second kappa shape index (κ2) is 7.04. The molecule has 2 heterocycles. The molecule has 0 aromatic carbocycles. The van der Waals surface area contributed by atoms with E-state index in [0.717, 1.165) is 0 Å². The van der Waals surface area contributed by atoms with E-state index in [0.29, 0.717) is 45.4 Å². The molecule has 0 aromatic heterocycles. The molecule has 0 spiro atoms. The monoisotopic (exact) mass is 319 g/mol. The minimum Gasteiger partial charge on any atom is -0.391 e. The Hall–Kier alpha value is -0.700. The highest BCUT2D eigenvalue weighted by Gasteiger charge is 2.38. The van der Waals surface area contributed by atoms with Crippen LogP contribution < -0.4 is 10.6 Å². The Morgan fingerprint density at radius 3 is 2.81 bits per heavy atom. The molecule has 0 radical (unpaired) electrons. The number of aliphatic hydroxyl groups excluding tert-OH is 1. The van der Waals surface area contributed by atoms with Gasteiger partial charge < -0.3 is 15.7 Å². The van der Waals surface area contributed by atoms with Crippen molar-refractivity contribution in [3.05, 3.63) is 0 Å². The van der Waals surface area contributed by atoms with E-state index in [2.05, 4.69) is 10.6 Å². The lowest BCUT2D eigenvalue weighted by Gasteiger charge is -2.24. The van der Waals surface area contributed by atoms with Gasteiger partial charge in [-0.05, 0) is 19.3 Å². The number of nitrogens with zero attached hydrogens (tertiary/aromatic N) is 1. The summed E-state index contributed by atoms with van der Waals surface area (Å²) in [5.41, 5.74) is 0. The lowest BCUT2D eigenvalue weighted by molar-refractivity contribution is -0.124. The van der Waals surface area contributed by atoms with Crippen LogP contribution in [0.25, 0.3) is 0 Å². The van der Waals surface area contributed by atoms with E-state index in [-0.39, 0.29) is 17.6 Å². The first-order valence-electron chi connectivity index (χ1n) is 7.61. The summed E-state index contributed by atoms with van der Waals surface area (Å²) in [6.45, 7) is 3.83. The Bertz CT molecular complexity index is 468. The summed E-state index contributed by atoms with van der Waals surface area (Å²) in [6, 6.07) is -0.590. The Kier molecular flexibility index (Phi) is 5.59. The van der Waals surface area contributed by atoms with E-state index in [4.69, 9.17) is 0 Å². The minimum atomic E-state index is -3.34. The average Bonchev–Trinajstić information content (AvgIpc) is 3.05. The SMILES string of the molecule is CCCS(=O)(=O)N1CCCC1C(=O)NCC1CNCC1O. The Morgan fingerprint density at radius 2 is 2.19 bits per heavy atom. The van der Waals surface area contributed by atoms with Gasteiger partial charge in [0.15, 0.2) is 0 Å². The molecule has 0 saturated carbocycles. The van der Waals surface area contributed by atoms with Crippen molar-refractivity contribution in [1.29, 1.82) is 0 Å². The van der Waals surface area contributed by atoms with Crippen molar-refractivity contribution < 1.29 is 18.3 Å². The zero-order chi connectivity index (χ0) is 15.5.